The third kappa shape index (κ3) is 4.57. The predicted octanol–water partition coefficient (Wildman–Crippen LogP) is 2.67. The fourth-order valence-electron chi connectivity index (χ4n) is 4.97. The Morgan fingerprint density at radius 1 is 1.24 bits per heavy atom. The van der Waals surface area contributed by atoms with E-state index in [-0.39, 0.29) is 36.5 Å². The number of likely N-dealkylation sites (N-methyl/N-ethyl adjacent to an activating group) is 1. The van der Waals surface area contributed by atoms with Crippen LogP contribution in [0.2, 0.25) is 0 Å². The van der Waals surface area contributed by atoms with Crippen molar-refractivity contribution in [3.8, 4) is 0 Å². The van der Waals surface area contributed by atoms with Gasteiger partial charge in [0.05, 0.1) is 6.26 Å². The lowest BCUT2D eigenvalue weighted by Crippen LogP contribution is -2.58. The number of rotatable bonds is 7. The maximum Gasteiger partial charge on any atom is 0.325 e. The number of piperidine rings is 1. The number of nitrogens with zero attached hydrogens (tertiary/aromatic N) is 3. The Morgan fingerprint density at radius 3 is 2.59 bits per heavy atom. The number of carbonyl (C=O) groups is 3. The van der Waals surface area contributed by atoms with Crippen molar-refractivity contribution < 1.29 is 23.2 Å². The summed E-state index contributed by atoms with van der Waals surface area (Å²) in [7, 11) is 3.76. The first-order valence-corrected chi connectivity index (χ1v) is 11.6. The second-order valence-corrected chi connectivity index (χ2v) is 9.47. The van der Waals surface area contributed by atoms with E-state index >= 15 is 0 Å². The van der Waals surface area contributed by atoms with Gasteiger partial charge in [0.1, 0.15) is 11.4 Å². The molecule has 4 amide bonds. The van der Waals surface area contributed by atoms with Gasteiger partial charge in [-0.15, -0.1) is 0 Å². The van der Waals surface area contributed by atoms with E-state index in [1.54, 1.807) is 23.1 Å². The zero-order valence-corrected chi connectivity index (χ0v) is 19.8. The Labute approximate surface area is 198 Å². The Balaban J connectivity index is 1.57. The number of carbonyl (C=O) groups excluding carboxylic acids is 3. The summed E-state index contributed by atoms with van der Waals surface area (Å²) in [5, 5.41) is 2.98. The first kappa shape index (κ1) is 23.9. The van der Waals surface area contributed by atoms with E-state index in [1.807, 2.05) is 25.9 Å². The summed E-state index contributed by atoms with van der Waals surface area (Å²) in [6, 6.07) is 7.47. The first-order chi connectivity index (χ1) is 16.2. The molecule has 3 heterocycles. The molecule has 2 aliphatic rings. The molecule has 0 bridgehead atoms. The second-order valence-electron chi connectivity index (χ2n) is 9.47. The molecule has 0 radical (unpaired) electrons. The van der Waals surface area contributed by atoms with Gasteiger partial charge >= 0.3 is 6.03 Å². The quantitative estimate of drug-likeness (QED) is 0.629. The molecular weight excluding hydrogens is 439 g/mol. The average Bonchev–Trinajstić information content (AvgIpc) is 3.33. The normalized spacial score (nSPS) is 21.4. The van der Waals surface area contributed by atoms with Crippen LogP contribution in [0.25, 0.3) is 0 Å². The van der Waals surface area contributed by atoms with Gasteiger partial charge in [0.2, 0.25) is 0 Å². The molecule has 2 fully saturated rings. The molecule has 9 heteroatoms. The van der Waals surface area contributed by atoms with Crippen LogP contribution in [0.3, 0.4) is 0 Å². The van der Waals surface area contributed by atoms with E-state index in [0.29, 0.717) is 43.8 Å². The summed E-state index contributed by atoms with van der Waals surface area (Å²) in [6.07, 6.45) is 2.77. The molecule has 1 aromatic carbocycles. The van der Waals surface area contributed by atoms with Gasteiger partial charge < -0.3 is 19.5 Å². The van der Waals surface area contributed by atoms with Crippen molar-refractivity contribution in [1.82, 2.24) is 20.0 Å². The Kier molecular flexibility index (Phi) is 6.74. The predicted molar refractivity (Wildman–Crippen MR) is 124 cm³/mol. The maximum absolute atomic E-state index is 13.9. The fourth-order valence-corrected chi connectivity index (χ4v) is 4.97. The molecule has 34 heavy (non-hydrogen) atoms. The number of aryl methyl sites for hydroxylation is 1. The molecule has 4 rings (SSSR count). The third-order valence-corrected chi connectivity index (χ3v) is 6.88. The molecule has 1 aromatic heterocycles. The molecule has 0 spiro atoms. The number of hydrogen-bond donors (Lipinski definition) is 1. The van der Waals surface area contributed by atoms with Crippen molar-refractivity contribution in [2.45, 2.75) is 31.7 Å². The van der Waals surface area contributed by atoms with Crippen LogP contribution in [0.1, 0.15) is 34.5 Å². The summed E-state index contributed by atoms with van der Waals surface area (Å²) in [6.45, 7) is 3.53. The minimum Gasteiger partial charge on any atom is -0.459 e. The molecule has 1 N–H and O–H groups in total. The van der Waals surface area contributed by atoms with Crippen molar-refractivity contribution >= 4 is 17.8 Å². The van der Waals surface area contributed by atoms with E-state index in [1.165, 1.54) is 23.3 Å². The van der Waals surface area contributed by atoms with Gasteiger partial charge in [-0.3, -0.25) is 14.5 Å². The molecule has 2 aromatic rings. The number of amides is 4. The molecule has 0 aliphatic carbocycles. The average molecular weight is 471 g/mol. The van der Waals surface area contributed by atoms with Crippen LogP contribution >= 0.6 is 0 Å². The summed E-state index contributed by atoms with van der Waals surface area (Å²) >= 11 is 0. The Hall–Kier alpha value is -3.20. The van der Waals surface area contributed by atoms with Crippen molar-refractivity contribution in [2.75, 3.05) is 40.3 Å². The number of furan rings is 1. The zero-order valence-electron chi connectivity index (χ0n) is 19.8. The molecule has 0 saturated carbocycles. The van der Waals surface area contributed by atoms with Crippen LogP contribution in [0.4, 0.5) is 9.18 Å². The number of halogens is 1. The maximum atomic E-state index is 13.9. The molecule has 8 nitrogen and oxygen atoms in total. The minimum atomic E-state index is -1.17. The van der Waals surface area contributed by atoms with Gasteiger partial charge in [-0.1, -0.05) is 12.1 Å². The van der Waals surface area contributed by atoms with Crippen LogP contribution in [-0.2, 0) is 11.2 Å². The topological polar surface area (TPSA) is 86.1 Å². The lowest BCUT2D eigenvalue weighted by Gasteiger charge is -2.41. The van der Waals surface area contributed by atoms with Crippen molar-refractivity contribution in [3.05, 3.63) is 59.3 Å². The number of hydrogen-bond acceptors (Lipinski definition) is 5. The third-order valence-electron chi connectivity index (χ3n) is 6.88. The minimum absolute atomic E-state index is 0.172. The summed E-state index contributed by atoms with van der Waals surface area (Å²) in [5.74, 6) is -0.709. The van der Waals surface area contributed by atoms with Crippen molar-refractivity contribution in [2.24, 2.45) is 5.92 Å². The van der Waals surface area contributed by atoms with Crippen molar-refractivity contribution in [3.63, 3.8) is 0 Å². The van der Waals surface area contributed by atoms with Crippen LogP contribution in [-0.4, -0.2) is 78.4 Å². The van der Waals surface area contributed by atoms with Gasteiger partial charge in [-0.2, -0.15) is 0 Å². The SMILES string of the molecule is Cc1ccoc1C(=O)N1CCC([C@]2(Cc3cccc(F)c3)NC(=O)N(CCN(C)C)C2=O)CC1. The molecule has 0 unspecified atom stereocenters. The molecule has 2 aliphatic heterocycles. The number of nitrogens with one attached hydrogen (secondary N) is 1. The van der Waals surface area contributed by atoms with Gasteiger partial charge in [0.15, 0.2) is 5.76 Å². The highest BCUT2D eigenvalue weighted by molar-refractivity contribution is 6.07. The Morgan fingerprint density at radius 2 is 1.97 bits per heavy atom. The highest BCUT2D eigenvalue weighted by Gasteiger charge is 2.56. The van der Waals surface area contributed by atoms with Crippen LogP contribution in [0.15, 0.2) is 41.0 Å². The summed E-state index contributed by atoms with van der Waals surface area (Å²) in [4.78, 5) is 44.4. The first-order valence-electron chi connectivity index (χ1n) is 11.6. The summed E-state index contributed by atoms with van der Waals surface area (Å²) in [5.41, 5.74) is 0.254. The molecular formula is C25H31FN4O4. The number of benzene rings is 1. The van der Waals surface area contributed by atoms with Crippen LogP contribution in [0.5, 0.6) is 0 Å². The number of imide groups is 1. The number of urea groups is 1. The van der Waals surface area contributed by atoms with Gasteiger partial charge in [-0.05, 0) is 63.5 Å². The highest BCUT2D eigenvalue weighted by atomic mass is 19.1. The monoisotopic (exact) mass is 470 g/mol. The van der Waals surface area contributed by atoms with E-state index < -0.39 is 11.6 Å². The van der Waals surface area contributed by atoms with Gasteiger partial charge in [-0.25, -0.2) is 9.18 Å². The lowest BCUT2D eigenvalue weighted by molar-refractivity contribution is -0.134. The second kappa shape index (κ2) is 9.58. The fraction of sp³-hybridized carbons (Fsp3) is 0.480. The Bertz CT molecular complexity index is 1080. The van der Waals surface area contributed by atoms with Gasteiger partial charge in [0, 0.05) is 38.2 Å². The van der Waals surface area contributed by atoms with E-state index in [9.17, 15) is 18.8 Å². The van der Waals surface area contributed by atoms with Crippen LogP contribution < -0.4 is 5.32 Å². The lowest BCUT2D eigenvalue weighted by atomic mass is 9.74. The molecule has 182 valence electrons. The zero-order chi connectivity index (χ0) is 24.5. The van der Waals surface area contributed by atoms with E-state index in [0.717, 1.165) is 5.56 Å². The molecule has 1 atom stereocenters. The molecule has 2 saturated heterocycles. The van der Waals surface area contributed by atoms with Gasteiger partial charge in [0.25, 0.3) is 11.8 Å². The smallest absolute Gasteiger partial charge is 0.325 e. The largest absolute Gasteiger partial charge is 0.459 e. The summed E-state index contributed by atoms with van der Waals surface area (Å²) < 4.78 is 19.3. The standard InChI is InChI=1S/C25H31FN4O4/c1-17-9-14-34-21(17)22(31)29-10-7-19(8-11-29)25(16-18-5-4-6-20(26)15-18)23(32)30(24(33)27-25)13-12-28(2)3/h4-6,9,14-15,19H,7-8,10-13,16H2,1-3H3,(H,27,33)/t25-/m0/s1. The van der Waals surface area contributed by atoms with E-state index in [2.05, 4.69) is 5.32 Å². The highest BCUT2D eigenvalue weighted by Crippen LogP contribution is 2.37. The van der Waals surface area contributed by atoms with E-state index in [4.69, 9.17) is 4.42 Å². The van der Waals surface area contributed by atoms with Crippen molar-refractivity contribution in [1.29, 1.82) is 0 Å². The van der Waals surface area contributed by atoms with Crippen LogP contribution in [0, 0.1) is 18.7 Å². The number of likely N-dealkylation sites (tertiary alicyclic amines) is 1.